The monoisotopic (exact) mass is 244 g/mol. The number of anilines is 1. The number of para-hydroxylation sites is 2. The fourth-order valence-corrected chi connectivity index (χ4v) is 2.81. The molecule has 18 heavy (non-hydrogen) atoms. The molecule has 0 bridgehead atoms. The standard InChI is InChI=1S/C15H20N2O/c16-13-7-6-12(10-13)11-17-8-3-9-18-15-5-2-1-4-14(15)17/h1-2,4-7,12-13H,3,8-11,16H2. The highest BCUT2D eigenvalue weighted by molar-refractivity contribution is 5.59. The number of hydrogen-bond donors (Lipinski definition) is 1. The summed E-state index contributed by atoms with van der Waals surface area (Å²) in [6.45, 7) is 2.93. The summed E-state index contributed by atoms with van der Waals surface area (Å²) in [5.74, 6) is 1.59. The van der Waals surface area contributed by atoms with E-state index in [0.717, 1.165) is 38.3 Å². The van der Waals surface area contributed by atoms with Gasteiger partial charge < -0.3 is 15.4 Å². The molecule has 2 N–H and O–H groups in total. The molecule has 96 valence electrons. The topological polar surface area (TPSA) is 38.5 Å². The van der Waals surface area contributed by atoms with Gasteiger partial charge in [0, 0.05) is 19.1 Å². The van der Waals surface area contributed by atoms with Crippen LogP contribution < -0.4 is 15.4 Å². The molecular formula is C15H20N2O. The lowest BCUT2D eigenvalue weighted by atomic mass is 10.1. The summed E-state index contributed by atoms with van der Waals surface area (Å²) >= 11 is 0. The molecule has 3 nitrogen and oxygen atoms in total. The third kappa shape index (κ3) is 2.36. The molecule has 1 heterocycles. The average molecular weight is 244 g/mol. The summed E-state index contributed by atoms with van der Waals surface area (Å²) < 4.78 is 5.78. The van der Waals surface area contributed by atoms with E-state index in [9.17, 15) is 0 Å². The quantitative estimate of drug-likeness (QED) is 0.810. The molecule has 1 aromatic carbocycles. The van der Waals surface area contributed by atoms with E-state index in [-0.39, 0.29) is 6.04 Å². The molecule has 0 spiro atoms. The van der Waals surface area contributed by atoms with E-state index in [1.165, 1.54) is 5.69 Å². The first-order valence-electron chi connectivity index (χ1n) is 6.73. The van der Waals surface area contributed by atoms with Crippen molar-refractivity contribution < 1.29 is 4.74 Å². The summed E-state index contributed by atoms with van der Waals surface area (Å²) in [5.41, 5.74) is 7.15. The zero-order valence-electron chi connectivity index (χ0n) is 10.6. The van der Waals surface area contributed by atoms with Crippen LogP contribution in [0.1, 0.15) is 12.8 Å². The molecule has 2 aliphatic rings. The highest BCUT2D eigenvalue weighted by Gasteiger charge is 2.22. The largest absolute Gasteiger partial charge is 0.491 e. The second-order valence-corrected chi connectivity index (χ2v) is 5.16. The Hall–Kier alpha value is -1.48. The van der Waals surface area contributed by atoms with Gasteiger partial charge >= 0.3 is 0 Å². The zero-order valence-corrected chi connectivity index (χ0v) is 10.6. The van der Waals surface area contributed by atoms with Gasteiger partial charge in [-0.1, -0.05) is 24.3 Å². The van der Waals surface area contributed by atoms with Gasteiger partial charge in [-0.25, -0.2) is 0 Å². The van der Waals surface area contributed by atoms with E-state index < -0.39 is 0 Å². The zero-order chi connectivity index (χ0) is 12.4. The Labute approximate surface area is 108 Å². The van der Waals surface area contributed by atoms with Crippen LogP contribution in [0, 0.1) is 5.92 Å². The van der Waals surface area contributed by atoms with E-state index in [0.29, 0.717) is 5.92 Å². The van der Waals surface area contributed by atoms with Gasteiger partial charge in [0.15, 0.2) is 0 Å². The summed E-state index contributed by atoms with van der Waals surface area (Å²) in [7, 11) is 0. The predicted molar refractivity (Wildman–Crippen MR) is 74.0 cm³/mol. The third-order valence-corrected chi connectivity index (χ3v) is 3.70. The van der Waals surface area contributed by atoms with Crippen molar-refractivity contribution in [2.45, 2.75) is 18.9 Å². The lowest BCUT2D eigenvalue weighted by molar-refractivity contribution is 0.322. The number of nitrogens with two attached hydrogens (primary N) is 1. The normalized spacial score (nSPS) is 26.6. The van der Waals surface area contributed by atoms with E-state index in [1.54, 1.807) is 0 Å². The molecule has 1 aliphatic carbocycles. The first-order chi connectivity index (χ1) is 8.83. The molecule has 1 aromatic rings. The van der Waals surface area contributed by atoms with Crippen LogP contribution in [0.4, 0.5) is 5.69 Å². The molecule has 2 unspecified atom stereocenters. The minimum Gasteiger partial charge on any atom is -0.491 e. The summed E-state index contributed by atoms with van der Waals surface area (Å²) in [4.78, 5) is 2.44. The number of hydrogen-bond acceptors (Lipinski definition) is 3. The summed E-state index contributed by atoms with van der Waals surface area (Å²) in [6, 6.07) is 8.57. The minimum absolute atomic E-state index is 0.244. The van der Waals surface area contributed by atoms with Crippen molar-refractivity contribution in [3.05, 3.63) is 36.4 Å². The van der Waals surface area contributed by atoms with Crippen LogP contribution in [-0.4, -0.2) is 25.7 Å². The van der Waals surface area contributed by atoms with Crippen LogP contribution in [0.3, 0.4) is 0 Å². The van der Waals surface area contributed by atoms with Crippen LogP contribution in [0.2, 0.25) is 0 Å². The van der Waals surface area contributed by atoms with Gasteiger partial charge in [-0.15, -0.1) is 0 Å². The third-order valence-electron chi connectivity index (χ3n) is 3.70. The number of fused-ring (bicyclic) bond motifs is 1. The fourth-order valence-electron chi connectivity index (χ4n) is 2.81. The molecule has 0 saturated carbocycles. The molecule has 3 rings (SSSR count). The highest BCUT2D eigenvalue weighted by Crippen LogP contribution is 2.32. The van der Waals surface area contributed by atoms with Gasteiger partial charge in [0.05, 0.1) is 12.3 Å². The van der Waals surface area contributed by atoms with Crippen molar-refractivity contribution in [3.63, 3.8) is 0 Å². The number of ether oxygens (including phenoxy) is 1. The van der Waals surface area contributed by atoms with Gasteiger partial charge in [0.2, 0.25) is 0 Å². The molecule has 0 fully saturated rings. The van der Waals surface area contributed by atoms with Crippen molar-refractivity contribution in [2.24, 2.45) is 11.7 Å². The summed E-state index contributed by atoms with van der Waals surface area (Å²) in [5, 5.41) is 0. The van der Waals surface area contributed by atoms with Crippen LogP contribution in [0.5, 0.6) is 5.75 Å². The molecular weight excluding hydrogens is 224 g/mol. The smallest absolute Gasteiger partial charge is 0.142 e. The number of benzene rings is 1. The second-order valence-electron chi connectivity index (χ2n) is 5.16. The molecule has 0 aromatic heterocycles. The Kier molecular flexibility index (Phi) is 3.24. The van der Waals surface area contributed by atoms with Gasteiger partial charge in [-0.2, -0.15) is 0 Å². The maximum absolute atomic E-state index is 5.93. The Morgan fingerprint density at radius 2 is 2.17 bits per heavy atom. The van der Waals surface area contributed by atoms with Crippen LogP contribution in [-0.2, 0) is 0 Å². The van der Waals surface area contributed by atoms with Crippen molar-refractivity contribution in [2.75, 3.05) is 24.6 Å². The predicted octanol–water partition coefficient (Wildman–Crippen LogP) is 2.18. The fraction of sp³-hybridized carbons (Fsp3) is 0.467. The maximum atomic E-state index is 5.93. The van der Waals surface area contributed by atoms with E-state index in [2.05, 4.69) is 35.3 Å². The lowest BCUT2D eigenvalue weighted by Crippen LogP contribution is -2.30. The molecule has 0 amide bonds. The first-order valence-corrected chi connectivity index (χ1v) is 6.73. The van der Waals surface area contributed by atoms with Crippen molar-refractivity contribution in [3.8, 4) is 5.75 Å². The van der Waals surface area contributed by atoms with Crippen LogP contribution in [0.15, 0.2) is 36.4 Å². The Morgan fingerprint density at radius 1 is 1.28 bits per heavy atom. The molecule has 2 atom stereocenters. The highest BCUT2D eigenvalue weighted by atomic mass is 16.5. The number of rotatable bonds is 2. The molecule has 0 radical (unpaired) electrons. The Bertz CT molecular complexity index is 444. The van der Waals surface area contributed by atoms with Crippen LogP contribution >= 0.6 is 0 Å². The minimum atomic E-state index is 0.244. The molecule has 0 saturated heterocycles. The van der Waals surface area contributed by atoms with Crippen molar-refractivity contribution >= 4 is 5.69 Å². The van der Waals surface area contributed by atoms with Gasteiger partial charge in [-0.3, -0.25) is 0 Å². The van der Waals surface area contributed by atoms with Crippen molar-refractivity contribution in [1.29, 1.82) is 0 Å². The number of nitrogens with zero attached hydrogens (tertiary/aromatic N) is 1. The van der Waals surface area contributed by atoms with E-state index in [1.807, 2.05) is 6.07 Å². The van der Waals surface area contributed by atoms with Crippen molar-refractivity contribution in [1.82, 2.24) is 0 Å². The molecule has 3 heteroatoms. The summed E-state index contributed by atoms with van der Waals surface area (Å²) in [6.07, 6.45) is 6.54. The second kappa shape index (κ2) is 5.02. The van der Waals surface area contributed by atoms with Gasteiger partial charge in [0.1, 0.15) is 5.75 Å². The Morgan fingerprint density at radius 3 is 3.00 bits per heavy atom. The molecule has 1 aliphatic heterocycles. The SMILES string of the molecule is NC1C=CC(CN2CCCOc3ccccc32)C1. The van der Waals surface area contributed by atoms with Gasteiger partial charge in [0.25, 0.3) is 0 Å². The maximum Gasteiger partial charge on any atom is 0.142 e. The Balaban J connectivity index is 1.77. The average Bonchev–Trinajstić information content (AvgIpc) is 2.68. The van der Waals surface area contributed by atoms with E-state index >= 15 is 0 Å². The first kappa shape index (κ1) is 11.6. The van der Waals surface area contributed by atoms with E-state index in [4.69, 9.17) is 10.5 Å². The van der Waals surface area contributed by atoms with Gasteiger partial charge in [-0.05, 0) is 30.9 Å². The van der Waals surface area contributed by atoms with Crippen LogP contribution in [0.25, 0.3) is 0 Å². The lowest BCUT2D eigenvalue weighted by Gasteiger charge is -2.26.